The van der Waals surface area contributed by atoms with Gasteiger partial charge in [0.15, 0.2) is 0 Å². The van der Waals surface area contributed by atoms with Crippen LogP contribution in [0, 0.1) is 6.92 Å². The zero-order valence-electron chi connectivity index (χ0n) is 19.0. The zero-order chi connectivity index (χ0) is 21.8. The number of ether oxygens (including phenoxy) is 1. The van der Waals surface area contributed by atoms with Crippen molar-refractivity contribution in [1.29, 1.82) is 0 Å². The number of anilines is 1. The zero-order valence-corrected chi connectivity index (χ0v) is 19.0. The maximum atomic E-state index is 13.4. The highest BCUT2D eigenvalue weighted by Crippen LogP contribution is 2.28. The van der Waals surface area contributed by atoms with Gasteiger partial charge in [0, 0.05) is 12.1 Å². The van der Waals surface area contributed by atoms with Gasteiger partial charge in [-0.05, 0) is 77.0 Å². The highest BCUT2D eigenvalue weighted by Gasteiger charge is 2.30. The van der Waals surface area contributed by atoms with Crippen LogP contribution in [0.15, 0.2) is 30.5 Å². The number of benzene rings is 1. The topological polar surface area (TPSA) is 62.6 Å². The summed E-state index contributed by atoms with van der Waals surface area (Å²) in [5.41, 5.74) is 2.20. The second-order valence-electron chi connectivity index (χ2n) is 8.98. The van der Waals surface area contributed by atoms with Gasteiger partial charge in [0.2, 0.25) is 5.91 Å². The van der Waals surface area contributed by atoms with Crippen molar-refractivity contribution in [3.63, 3.8) is 0 Å². The van der Waals surface area contributed by atoms with Crippen molar-refractivity contribution in [2.24, 2.45) is 0 Å². The van der Waals surface area contributed by atoms with E-state index in [0.717, 1.165) is 75.4 Å². The van der Waals surface area contributed by atoms with Crippen molar-refractivity contribution < 1.29 is 9.53 Å². The molecule has 0 radical (unpaired) electrons. The van der Waals surface area contributed by atoms with Crippen LogP contribution in [0.4, 0.5) is 5.82 Å². The maximum absolute atomic E-state index is 13.4. The van der Waals surface area contributed by atoms with Crippen LogP contribution in [0.5, 0.6) is 5.75 Å². The summed E-state index contributed by atoms with van der Waals surface area (Å²) in [6, 6.07) is 8.35. The van der Waals surface area contributed by atoms with Crippen LogP contribution < -0.4 is 10.1 Å². The van der Waals surface area contributed by atoms with Gasteiger partial charge in [-0.3, -0.25) is 9.69 Å². The first kappa shape index (κ1) is 21.8. The molecule has 2 aliphatic heterocycles. The highest BCUT2D eigenvalue weighted by atomic mass is 16.5. The number of nitrogens with one attached hydrogen (secondary N) is 1. The Kier molecular flexibility index (Phi) is 6.92. The first-order valence-corrected chi connectivity index (χ1v) is 11.5. The molecule has 1 amide bonds. The predicted molar refractivity (Wildman–Crippen MR) is 122 cm³/mol. The van der Waals surface area contributed by atoms with Crippen molar-refractivity contribution in [1.82, 2.24) is 19.6 Å². The molecule has 2 aromatic rings. The van der Waals surface area contributed by atoms with Gasteiger partial charge in [0.1, 0.15) is 11.6 Å². The fraction of sp³-hybridized carbons (Fsp3) is 0.583. The Labute approximate surface area is 185 Å². The molecule has 0 aliphatic carbocycles. The molecular formula is C24H35N5O2. The van der Waals surface area contributed by atoms with E-state index in [1.807, 2.05) is 25.3 Å². The molecule has 1 atom stereocenters. The summed E-state index contributed by atoms with van der Waals surface area (Å²) in [6.07, 6.45) is 7.10. The Hall–Kier alpha value is -2.38. The normalized spacial score (nSPS) is 21.2. The van der Waals surface area contributed by atoms with Crippen LogP contribution in [0.1, 0.15) is 49.3 Å². The second kappa shape index (κ2) is 9.83. The van der Waals surface area contributed by atoms with E-state index in [1.165, 1.54) is 5.56 Å². The molecule has 1 aromatic heterocycles. The molecule has 1 unspecified atom stereocenters. The number of aryl methyl sites for hydroxylation is 1. The number of piperidine rings is 2. The molecule has 7 nitrogen and oxygen atoms in total. The predicted octanol–water partition coefficient (Wildman–Crippen LogP) is 3.46. The summed E-state index contributed by atoms with van der Waals surface area (Å²) in [4.78, 5) is 18.1. The van der Waals surface area contributed by atoms with E-state index in [2.05, 4.69) is 44.1 Å². The number of carbonyl (C=O) groups excluding carboxylic acids is 1. The first-order valence-electron chi connectivity index (χ1n) is 11.5. The Morgan fingerprint density at radius 3 is 2.77 bits per heavy atom. The van der Waals surface area contributed by atoms with E-state index >= 15 is 0 Å². The molecule has 168 valence electrons. The van der Waals surface area contributed by atoms with Crippen LogP contribution in [0.3, 0.4) is 0 Å². The van der Waals surface area contributed by atoms with E-state index in [0.29, 0.717) is 6.04 Å². The van der Waals surface area contributed by atoms with E-state index < -0.39 is 0 Å². The monoisotopic (exact) mass is 425 g/mol. The number of rotatable bonds is 6. The summed E-state index contributed by atoms with van der Waals surface area (Å²) >= 11 is 0. The van der Waals surface area contributed by atoms with E-state index in [4.69, 9.17) is 4.74 Å². The summed E-state index contributed by atoms with van der Waals surface area (Å²) in [7, 11) is 3.85. The number of hydrogen-bond donors (Lipinski definition) is 1. The molecule has 1 aromatic carbocycles. The Balaban J connectivity index is 1.47. The molecule has 0 spiro atoms. The van der Waals surface area contributed by atoms with Crippen LogP contribution >= 0.6 is 0 Å². The van der Waals surface area contributed by atoms with Gasteiger partial charge in [-0.2, -0.15) is 5.10 Å². The lowest BCUT2D eigenvalue weighted by Crippen LogP contribution is -2.47. The van der Waals surface area contributed by atoms with Gasteiger partial charge in [0.05, 0.1) is 25.4 Å². The molecule has 2 saturated heterocycles. The molecule has 31 heavy (non-hydrogen) atoms. The number of likely N-dealkylation sites (tertiary alicyclic amines) is 2. The van der Waals surface area contributed by atoms with Gasteiger partial charge in [-0.25, -0.2) is 4.68 Å². The molecule has 7 heteroatoms. The summed E-state index contributed by atoms with van der Waals surface area (Å²) < 4.78 is 7.42. The van der Waals surface area contributed by atoms with Gasteiger partial charge >= 0.3 is 0 Å². The van der Waals surface area contributed by atoms with Crippen molar-refractivity contribution in [2.75, 3.05) is 39.1 Å². The number of hydrogen-bond acceptors (Lipinski definition) is 5. The SMILES string of the molecule is COc1cccc(CN2CCCCC2C(=O)Nc2c(C)cnn2C2CCN(C)CC2)c1. The van der Waals surface area contributed by atoms with E-state index in [-0.39, 0.29) is 11.9 Å². The third-order valence-electron chi connectivity index (χ3n) is 6.69. The average Bonchev–Trinajstić information content (AvgIpc) is 3.15. The standard InChI is InChI=1S/C24H35N5O2/c1-18-16-25-29(20-10-13-27(2)14-11-20)23(18)26-24(30)22-9-4-5-12-28(22)17-19-7-6-8-21(15-19)31-3/h6-8,15-16,20,22H,4-5,9-14,17H2,1-3H3,(H,26,30). The van der Waals surface area contributed by atoms with Crippen LogP contribution in [0.25, 0.3) is 0 Å². The van der Waals surface area contributed by atoms with Crippen LogP contribution in [-0.2, 0) is 11.3 Å². The Bertz CT molecular complexity index is 888. The number of carbonyl (C=O) groups is 1. The van der Waals surface area contributed by atoms with Crippen LogP contribution in [0.2, 0.25) is 0 Å². The minimum Gasteiger partial charge on any atom is -0.497 e. The van der Waals surface area contributed by atoms with Crippen molar-refractivity contribution in [2.45, 2.75) is 57.7 Å². The lowest BCUT2D eigenvalue weighted by atomic mass is 10.00. The lowest BCUT2D eigenvalue weighted by Gasteiger charge is -2.35. The van der Waals surface area contributed by atoms with Crippen molar-refractivity contribution in [3.05, 3.63) is 41.6 Å². The van der Waals surface area contributed by atoms with E-state index in [1.54, 1.807) is 7.11 Å². The van der Waals surface area contributed by atoms with Crippen LogP contribution in [-0.4, -0.2) is 65.3 Å². The van der Waals surface area contributed by atoms with Crippen molar-refractivity contribution in [3.8, 4) is 5.75 Å². The average molecular weight is 426 g/mol. The number of amides is 1. The number of nitrogens with zero attached hydrogens (tertiary/aromatic N) is 4. The number of aromatic nitrogens is 2. The molecular weight excluding hydrogens is 390 g/mol. The van der Waals surface area contributed by atoms with Gasteiger partial charge in [-0.15, -0.1) is 0 Å². The molecule has 1 N–H and O–H groups in total. The second-order valence-corrected chi connectivity index (χ2v) is 8.98. The third-order valence-corrected chi connectivity index (χ3v) is 6.69. The Morgan fingerprint density at radius 2 is 2.00 bits per heavy atom. The molecule has 0 bridgehead atoms. The molecule has 0 saturated carbocycles. The van der Waals surface area contributed by atoms with Crippen molar-refractivity contribution >= 4 is 11.7 Å². The Morgan fingerprint density at radius 1 is 1.19 bits per heavy atom. The highest BCUT2D eigenvalue weighted by molar-refractivity contribution is 5.94. The van der Waals surface area contributed by atoms with E-state index in [9.17, 15) is 4.79 Å². The summed E-state index contributed by atoms with van der Waals surface area (Å²) in [5, 5.41) is 7.88. The minimum atomic E-state index is -0.125. The smallest absolute Gasteiger partial charge is 0.242 e. The van der Waals surface area contributed by atoms with Gasteiger partial charge < -0.3 is 15.0 Å². The molecule has 2 aliphatic rings. The summed E-state index contributed by atoms with van der Waals surface area (Å²) in [5.74, 6) is 1.81. The fourth-order valence-electron chi connectivity index (χ4n) is 4.80. The first-order chi connectivity index (χ1) is 15.0. The van der Waals surface area contributed by atoms with Gasteiger partial charge in [-0.1, -0.05) is 18.6 Å². The molecule has 2 fully saturated rings. The maximum Gasteiger partial charge on any atom is 0.242 e. The lowest BCUT2D eigenvalue weighted by molar-refractivity contribution is -0.122. The number of methoxy groups -OCH3 is 1. The molecule has 4 rings (SSSR count). The quantitative estimate of drug-likeness (QED) is 0.768. The fourth-order valence-corrected chi connectivity index (χ4v) is 4.80. The third kappa shape index (κ3) is 5.10. The van der Waals surface area contributed by atoms with Gasteiger partial charge in [0.25, 0.3) is 0 Å². The molecule has 3 heterocycles. The minimum absolute atomic E-state index is 0.0837. The summed E-state index contributed by atoms with van der Waals surface area (Å²) in [6.45, 7) is 5.84. The largest absolute Gasteiger partial charge is 0.497 e.